The van der Waals surface area contributed by atoms with Crippen LogP contribution in [0.15, 0.2) is 52.9 Å². The number of aromatic amines is 1. The summed E-state index contributed by atoms with van der Waals surface area (Å²) >= 11 is 1.55. The molecule has 0 unspecified atom stereocenters. The number of carbonyl (C=O) groups is 1. The molecule has 0 bridgehead atoms. The maximum Gasteiger partial charge on any atom is 0.289 e. The van der Waals surface area contributed by atoms with Crippen molar-refractivity contribution in [2.24, 2.45) is 5.10 Å². The number of amides is 1. The van der Waals surface area contributed by atoms with Crippen molar-refractivity contribution in [1.29, 1.82) is 0 Å². The number of rotatable bonds is 12. The minimum absolute atomic E-state index is 0.333. The summed E-state index contributed by atoms with van der Waals surface area (Å²) in [6, 6.07) is 13.3. The van der Waals surface area contributed by atoms with Crippen molar-refractivity contribution in [2.75, 3.05) is 6.61 Å². The molecule has 0 aliphatic heterocycles. The fraction of sp³-hybridized carbons (Fsp3) is 0.348. The molecule has 1 aromatic carbocycles. The normalized spacial score (nSPS) is 11.1. The predicted octanol–water partition coefficient (Wildman–Crippen LogP) is 5.64. The number of carbonyl (C=O) groups excluding carboxylic acids is 1. The van der Waals surface area contributed by atoms with E-state index in [1.807, 2.05) is 41.8 Å². The van der Waals surface area contributed by atoms with Crippen LogP contribution in [0.25, 0.3) is 11.3 Å². The van der Waals surface area contributed by atoms with Gasteiger partial charge in [-0.15, -0.1) is 11.3 Å². The van der Waals surface area contributed by atoms with E-state index in [2.05, 4.69) is 27.6 Å². The van der Waals surface area contributed by atoms with Crippen LogP contribution in [0, 0.1) is 0 Å². The van der Waals surface area contributed by atoms with E-state index in [1.165, 1.54) is 32.1 Å². The van der Waals surface area contributed by atoms with Crippen molar-refractivity contribution < 1.29 is 9.53 Å². The van der Waals surface area contributed by atoms with E-state index in [-0.39, 0.29) is 5.91 Å². The number of hydrogen-bond donors (Lipinski definition) is 2. The molecule has 30 heavy (non-hydrogen) atoms. The fourth-order valence-corrected chi connectivity index (χ4v) is 3.54. The van der Waals surface area contributed by atoms with Crippen molar-refractivity contribution in [3.05, 3.63) is 58.4 Å². The number of nitrogens with one attached hydrogen (secondary N) is 2. The molecule has 0 atom stereocenters. The van der Waals surface area contributed by atoms with Crippen molar-refractivity contribution >= 4 is 23.5 Å². The lowest BCUT2D eigenvalue weighted by Crippen LogP contribution is -2.17. The van der Waals surface area contributed by atoms with Gasteiger partial charge in [-0.2, -0.15) is 10.2 Å². The predicted molar refractivity (Wildman–Crippen MR) is 122 cm³/mol. The number of unbranched alkanes of at least 4 members (excludes halogenated alkanes) is 5. The first-order valence-electron chi connectivity index (χ1n) is 10.4. The third-order valence-corrected chi connectivity index (χ3v) is 5.45. The van der Waals surface area contributed by atoms with Gasteiger partial charge in [-0.1, -0.05) is 45.1 Å². The van der Waals surface area contributed by atoms with Crippen LogP contribution in [0.4, 0.5) is 0 Å². The van der Waals surface area contributed by atoms with Crippen LogP contribution >= 0.6 is 11.3 Å². The Bertz CT molecular complexity index is 917. The molecule has 0 aliphatic carbocycles. The van der Waals surface area contributed by atoms with Crippen LogP contribution in [-0.4, -0.2) is 28.9 Å². The lowest BCUT2D eigenvalue weighted by molar-refractivity contribution is 0.0950. The molecule has 6 nitrogen and oxygen atoms in total. The van der Waals surface area contributed by atoms with Gasteiger partial charge in [0, 0.05) is 10.4 Å². The van der Waals surface area contributed by atoms with Gasteiger partial charge in [0.1, 0.15) is 11.4 Å². The van der Waals surface area contributed by atoms with E-state index in [9.17, 15) is 4.79 Å². The molecule has 1 amide bonds. The Kier molecular flexibility index (Phi) is 8.65. The fourth-order valence-electron chi connectivity index (χ4n) is 2.96. The molecule has 3 aromatic rings. The molecule has 3 rings (SSSR count). The summed E-state index contributed by atoms with van der Waals surface area (Å²) in [5.41, 5.74) is 4.47. The highest BCUT2D eigenvalue weighted by atomic mass is 32.1. The number of H-pyrrole nitrogens is 1. The van der Waals surface area contributed by atoms with Gasteiger partial charge in [-0.3, -0.25) is 9.89 Å². The largest absolute Gasteiger partial charge is 0.494 e. The molecule has 0 fully saturated rings. The molecule has 158 valence electrons. The second-order valence-electron chi connectivity index (χ2n) is 7.02. The Balaban J connectivity index is 1.45. The maximum atomic E-state index is 12.2. The molecule has 0 aliphatic rings. The second-order valence-corrected chi connectivity index (χ2v) is 8.00. The number of thiophene rings is 1. The molecule has 2 N–H and O–H groups in total. The SMILES string of the molecule is CCCCCCCCOc1ccc(-c2cc(C(=O)N/N=C\c3cccs3)[nH]n2)cc1. The van der Waals surface area contributed by atoms with E-state index in [1.54, 1.807) is 23.6 Å². The van der Waals surface area contributed by atoms with E-state index in [0.29, 0.717) is 11.4 Å². The van der Waals surface area contributed by atoms with Gasteiger partial charge in [-0.25, -0.2) is 5.43 Å². The molecular formula is C23H28N4O2S. The van der Waals surface area contributed by atoms with Gasteiger partial charge in [0.25, 0.3) is 5.91 Å². The van der Waals surface area contributed by atoms with Crippen LogP contribution in [-0.2, 0) is 0 Å². The lowest BCUT2D eigenvalue weighted by Gasteiger charge is -2.06. The Morgan fingerprint density at radius 1 is 1.17 bits per heavy atom. The zero-order valence-corrected chi connectivity index (χ0v) is 18.1. The number of aromatic nitrogens is 2. The molecule has 0 radical (unpaired) electrons. The Morgan fingerprint density at radius 2 is 1.97 bits per heavy atom. The molecule has 0 spiro atoms. The Morgan fingerprint density at radius 3 is 2.73 bits per heavy atom. The van der Waals surface area contributed by atoms with E-state index < -0.39 is 0 Å². The number of hydrazone groups is 1. The number of ether oxygens (including phenoxy) is 1. The van der Waals surface area contributed by atoms with Gasteiger partial charge in [0.05, 0.1) is 18.5 Å². The Labute approximate surface area is 181 Å². The van der Waals surface area contributed by atoms with Crippen molar-refractivity contribution in [3.63, 3.8) is 0 Å². The summed E-state index contributed by atoms with van der Waals surface area (Å²) in [5, 5.41) is 12.9. The standard InChI is InChI=1S/C23H28N4O2S/c1-2-3-4-5-6-7-14-29-19-12-10-18(11-13-19)21-16-22(26-25-21)23(28)27-24-17-20-9-8-15-30-20/h8-13,15-17H,2-7,14H2,1H3,(H,25,26)(H,27,28)/b24-17-. The van der Waals surface area contributed by atoms with Crippen molar-refractivity contribution in [2.45, 2.75) is 45.4 Å². The van der Waals surface area contributed by atoms with Crippen molar-refractivity contribution in [1.82, 2.24) is 15.6 Å². The molecule has 2 aromatic heterocycles. The first kappa shape index (κ1) is 21.8. The third kappa shape index (κ3) is 6.84. The first-order chi connectivity index (χ1) is 14.8. The number of benzene rings is 1. The summed E-state index contributed by atoms with van der Waals surface area (Å²) in [4.78, 5) is 13.2. The van der Waals surface area contributed by atoms with Crippen LogP contribution < -0.4 is 10.2 Å². The van der Waals surface area contributed by atoms with Crippen LogP contribution in [0.2, 0.25) is 0 Å². The zero-order valence-electron chi connectivity index (χ0n) is 17.3. The highest BCUT2D eigenvalue weighted by molar-refractivity contribution is 7.11. The van der Waals surface area contributed by atoms with E-state index >= 15 is 0 Å². The topological polar surface area (TPSA) is 79.4 Å². The van der Waals surface area contributed by atoms with E-state index in [4.69, 9.17) is 4.74 Å². The van der Waals surface area contributed by atoms with Crippen molar-refractivity contribution in [3.8, 4) is 17.0 Å². The average Bonchev–Trinajstić information content (AvgIpc) is 3.46. The molecule has 2 heterocycles. The molecule has 7 heteroatoms. The van der Waals surface area contributed by atoms with Gasteiger partial charge in [0.15, 0.2) is 0 Å². The minimum atomic E-state index is -0.333. The third-order valence-electron chi connectivity index (χ3n) is 4.64. The van der Waals surface area contributed by atoms with Gasteiger partial charge in [0.2, 0.25) is 0 Å². The summed E-state index contributed by atoms with van der Waals surface area (Å²) in [6.07, 6.45) is 9.10. The van der Waals surface area contributed by atoms with Crippen LogP contribution in [0.5, 0.6) is 5.75 Å². The maximum absolute atomic E-state index is 12.2. The summed E-state index contributed by atoms with van der Waals surface area (Å²) in [6.45, 7) is 2.97. The zero-order chi connectivity index (χ0) is 21.0. The highest BCUT2D eigenvalue weighted by Crippen LogP contribution is 2.21. The number of hydrogen-bond acceptors (Lipinski definition) is 5. The van der Waals surface area contributed by atoms with Gasteiger partial charge >= 0.3 is 0 Å². The minimum Gasteiger partial charge on any atom is -0.494 e. The summed E-state index contributed by atoms with van der Waals surface area (Å²) in [5.74, 6) is 0.518. The highest BCUT2D eigenvalue weighted by Gasteiger charge is 2.10. The average molecular weight is 425 g/mol. The quantitative estimate of drug-likeness (QED) is 0.224. The smallest absolute Gasteiger partial charge is 0.289 e. The van der Waals surface area contributed by atoms with Gasteiger partial charge in [-0.05, 0) is 48.2 Å². The van der Waals surface area contributed by atoms with Crippen LogP contribution in [0.3, 0.4) is 0 Å². The first-order valence-corrected chi connectivity index (χ1v) is 11.3. The monoisotopic (exact) mass is 424 g/mol. The van der Waals surface area contributed by atoms with Crippen LogP contribution in [0.1, 0.15) is 60.8 Å². The molecule has 0 saturated heterocycles. The number of nitrogens with zero attached hydrogens (tertiary/aromatic N) is 2. The second kappa shape index (κ2) is 11.9. The van der Waals surface area contributed by atoms with E-state index in [0.717, 1.165) is 29.2 Å². The lowest BCUT2D eigenvalue weighted by atomic mass is 10.1. The summed E-state index contributed by atoms with van der Waals surface area (Å²) in [7, 11) is 0. The Hall–Kier alpha value is -2.93. The molecule has 0 saturated carbocycles. The molecular weight excluding hydrogens is 396 g/mol. The van der Waals surface area contributed by atoms with Gasteiger partial charge < -0.3 is 4.74 Å². The summed E-state index contributed by atoms with van der Waals surface area (Å²) < 4.78 is 5.81.